The highest BCUT2D eigenvalue weighted by Gasteiger charge is 2.28. The second kappa shape index (κ2) is 9.45. The van der Waals surface area contributed by atoms with Crippen molar-refractivity contribution in [2.75, 3.05) is 22.8 Å². The number of ether oxygens (including phenoxy) is 1. The molecule has 156 valence electrons. The van der Waals surface area contributed by atoms with Crippen molar-refractivity contribution >= 4 is 27.3 Å². The van der Waals surface area contributed by atoms with Gasteiger partial charge in [0.1, 0.15) is 12.3 Å². The third-order valence-corrected chi connectivity index (χ3v) is 6.24. The normalized spacial score (nSPS) is 11.0. The molecule has 1 amide bonds. The molecule has 0 spiro atoms. The van der Waals surface area contributed by atoms with Crippen LogP contribution in [0, 0.1) is 6.92 Å². The van der Waals surface area contributed by atoms with Crippen LogP contribution in [0.15, 0.2) is 83.8 Å². The van der Waals surface area contributed by atoms with Gasteiger partial charge in [0.25, 0.3) is 10.0 Å². The molecule has 0 heterocycles. The number of amides is 1. The van der Waals surface area contributed by atoms with Crippen molar-refractivity contribution in [2.45, 2.75) is 18.7 Å². The molecule has 3 aromatic rings. The molecule has 0 aliphatic rings. The van der Waals surface area contributed by atoms with Crippen LogP contribution in [0.5, 0.6) is 5.75 Å². The van der Waals surface area contributed by atoms with Crippen LogP contribution in [0.3, 0.4) is 0 Å². The van der Waals surface area contributed by atoms with Crippen LogP contribution in [0.4, 0.5) is 11.4 Å². The summed E-state index contributed by atoms with van der Waals surface area (Å²) in [5, 5.41) is 2.77. The lowest BCUT2D eigenvalue weighted by Gasteiger charge is -2.25. The molecule has 0 radical (unpaired) electrons. The molecule has 0 aliphatic carbocycles. The smallest absolute Gasteiger partial charge is 0.264 e. The van der Waals surface area contributed by atoms with Crippen LogP contribution in [0.1, 0.15) is 12.5 Å². The Labute approximate surface area is 177 Å². The summed E-state index contributed by atoms with van der Waals surface area (Å²) >= 11 is 0. The number of anilines is 2. The summed E-state index contributed by atoms with van der Waals surface area (Å²) < 4.78 is 33.4. The van der Waals surface area contributed by atoms with E-state index in [2.05, 4.69) is 5.32 Å². The number of nitrogens with zero attached hydrogens (tertiary/aromatic N) is 1. The summed E-state index contributed by atoms with van der Waals surface area (Å²) in [4.78, 5) is 13.0. The molecule has 0 bridgehead atoms. The number of carbonyl (C=O) groups excluding carboxylic acids is 1. The van der Waals surface area contributed by atoms with Crippen LogP contribution in [-0.4, -0.2) is 27.5 Å². The average molecular weight is 425 g/mol. The zero-order valence-corrected chi connectivity index (χ0v) is 17.7. The summed E-state index contributed by atoms with van der Waals surface area (Å²) in [6, 6.07) is 22.2. The molecule has 6 nitrogen and oxygen atoms in total. The van der Waals surface area contributed by atoms with Gasteiger partial charge in [-0.1, -0.05) is 48.5 Å². The Morgan fingerprint density at radius 1 is 0.933 bits per heavy atom. The van der Waals surface area contributed by atoms with Gasteiger partial charge < -0.3 is 10.1 Å². The van der Waals surface area contributed by atoms with E-state index in [9.17, 15) is 13.2 Å². The topological polar surface area (TPSA) is 75.7 Å². The van der Waals surface area contributed by atoms with Gasteiger partial charge in [0.05, 0.1) is 22.9 Å². The van der Waals surface area contributed by atoms with Crippen LogP contribution in [-0.2, 0) is 14.8 Å². The van der Waals surface area contributed by atoms with Crippen molar-refractivity contribution in [2.24, 2.45) is 0 Å². The molecule has 0 aliphatic heterocycles. The first kappa shape index (κ1) is 21.4. The maximum atomic E-state index is 13.4. The van der Waals surface area contributed by atoms with Gasteiger partial charge in [0.15, 0.2) is 0 Å². The molecule has 3 aromatic carbocycles. The van der Waals surface area contributed by atoms with Gasteiger partial charge in [-0.2, -0.15) is 0 Å². The number of benzene rings is 3. The molecular weight excluding hydrogens is 400 g/mol. The summed E-state index contributed by atoms with van der Waals surface area (Å²) in [7, 11) is -3.94. The third kappa shape index (κ3) is 4.80. The Morgan fingerprint density at radius 2 is 1.57 bits per heavy atom. The van der Waals surface area contributed by atoms with Gasteiger partial charge in [-0.15, -0.1) is 0 Å². The predicted octanol–water partition coefficient (Wildman–Crippen LogP) is 4.23. The minimum atomic E-state index is -3.94. The fourth-order valence-electron chi connectivity index (χ4n) is 3.03. The van der Waals surface area contributed by atoms with Gasteiger partial charge in [-0.05, 0) is 49.7 Å². The summed E-state index contributed by atoms with van der Waals surface area (Å²) in [5.74, 6) is 0.0617. The Morgan fingerprint density at radius 3 is 2.27 bits per heavy atom. The number of carbonyl (C=O) groups is 1. The van der Waals surface area contributed by atoms with Gasteiger partial charge >= 0.3 is 0 Å². The van der Waals surface area contributed by atoms with E-state index >= 15 is 0 Å². The lowest BCUT2D eigenvalue weighted by atomic mass is 10.2. The number of nitrogens with one attached hydrogen (secondary N) is 1. The highest BCUT2D eigenvalue weighted by Crippen LogP contribution is 2.28. The molecule has 0 atom stereocenters. The Kier molecular flexibility index (Phi) is 6.74. The van der Waals surface area contributed by atoms with Gasteiger partial charge in [-0.3, -0.25) is 9.10 Å². The largest absolute Gasteiger partial charge is 0.492 e. The third-order valence-electron chi connectivity index (χ3n) is 4.46. The first-order chi connectivity index (χ1) is 14.4. The Hall–Kier alpha value is -3.32. The van der Waals surface area contributed by atoms with Gasteiger partial charge in [-0.25, -0.2) is 8.42 Å². The van der Waals surface area contributed by atoms with E-state index < -0.39 is 15.9 Å². The monoisotopic (exact) mass is 424 g/mol. The van der Waals surface area contributed by atoms with Crippen molar-refractivity contribution in [1.82, 2.24) is 0 Å². The van der Waals surface area contributed by atoms with Gasteiger partial charge in [0, 0.05) is 0 Å². The molecule has 0 fully saturated rings. The first-order valence-corrected chi connectivity index (χ1v) is 11.0. The van der Waals surface area contributed by atoms with E-state index in [-0.39, 0.29) is 11.4 Å². The van der Waals surface area contributed by atoms with Gasteiger partial charge in [0.2, 0.25) is 5.91 Å². The number of hydrogen-bond donors (Lipinski definition) is 1. The summed E-state index contributed by atoms with van der Waals surface area (Å²) in [5.41, 5.74) is 1.69. The highest BCUT2D eigenvalue weighted by molar-refractivity contribution is 7.92. The van der Waals surface area contributed by atoms with Crippen molar-refractivity contribution in [1.29, 1.82) is 0 Å². The number of sulfonamides is 1. The number of aryl methyl sites for hydroxylation is 1. The predicted molar refractivity (Wildman–Crippen MR) is 118 cm³/mol. The number of rotatable bonds is 8. The van der Waals surface area contributed by atoms with Crippen LogP contribution in [0.25, 0.3) is 0 Å². The van der Waals surface area contributed by atoms with Crippen molar-refractivity contribution in [3.63, 3.8) is 0 Å². The van der Waals surface area contributed by atoms with E-state index in [1.807, 2.05) is 26.0 Å². The molecular formula is C23H24N2O4S. The van der Waals surface area contributed by atoms with E-state index in [0.717, 1.165) is 9.87 Å². The highest BCUT2D eigenvalue weighted by atomic mass is 32.2. The average Bonchev–Trinajstić information content (AvgIpc) is 2.75. The van der Waals surface area contributed by atoms with Crippen LogP contribution < -0.4 is 14.4 Å². The zero-order valence-electron chi connectivity index (χ0n) is 16.9. The minimum absolute atomic E-state index is 0.121. The number of hydrogen-bond acceptors (Lipinski definition) is 4. The first-order valence-electron chi connectivity index (χ1n) is 9.58. The second-order valence-corrected chi connectivity index (χ2v) is 8.45. The van der Waals surface area contributed by atoms with E-state index in [0.29, 0.717) is 23.7 Å². The van der Waals surface area contributed by atoms with Crippen molar-refractivity contribution in [3.8, 4) is 5.75 Å². The standard InChI is InChI=1S/C23H24N2O4S/c1-3-29-22-16-10-8-14-20(22)24-23(26)17-25(21-15-9-7-11-18(21)2)30(27,28)19-12-5-4-6-13-19/h4-16H,3,17H2,1-2H3,(H,24,26). The SMILES string of the molecule is CCOc1ccccc1NC(=O)CN(c1ccccc1C)S(=O)(=O)c1ccccc1. The Balaban J connectivity index is 1.94. The quantitative estimate of drug-likeness (QED) is 0.587. The second-order valence-electron chi connectivity index (χ2n) is 6.59. The molecule has 1 N–H and O–H groups in total. The van der Waals surface area contributed by atoms with E-state index in [1.165, 1.54) is 12.1 Å². The van der Waals surface area contributed by atoms with Crippen molar-refractivity contribution < 1.29 is 17.9 Å². The molecule has 0 aromatic heterocycles. The molecule has 30 heavy (non-hydrogen) atoms. The minimum Gasteiger partial charge on any atom is -0.492 e. The molecule has 0 unspecified atom stereocenters. The van der Waals surface area contributed by atoms with Crippen LogP contribution in [0.2, 0.25) is 0 Å². The zero-order chi connectivity index (χ0) is 21.6. The maximum Gasteiger partial charge on any atom is 0.264 e. The van der Waals surface area contributed by atoms with E-state index in [4.69, 9.17) is 4.74 Å². The molecule has 0 saturated heterocycles. The molecule has 0 saturated carbocycles. The van der Waals surface area contributed by atoms with E-state index in [1.54, 1.807) is 54.6 Å². The Bertz CT molecular complexity index is 1110. The molecule has 3 rings (SSSR count). The van der Waals surface area contributed by atoms with Crippen molar-refractivity contribution in [3.05, 3.63) is 84.4 Å². The molecule has 7 heteroatoms. The fourth-order valence-corrected chi connectivity index (χ4v) is 4.54. The summed E-state index contributed by atoms with van der Waals surface area (Å²) in [6.07, 6.45) is 0. The summed E-state index contributed by atoms with van der Waals surface area (Å²) in [6.45, 7) is 3.74. The van der Waals surface area contributed by atoms with Crippen LogP contribution >= 0.6 is 0 Å². The lowest BCUT2D eigenvalue weighted by Crippen LogP contribution is -2.38. The number of para-hydroxylation sites is 3. The lowest BCUT2D eigenvalue weighted by molar-refractivity contribution is -0.114. The maximum absolute atomic E-state index is 13.4. The fraction of sp³-hybridized carbons (Fsp3) is 0.174.